The second-order valence-corrected chi connectivity index (χ2v) is 13.0. The van der Waals surface area contributed by atoms with E-state index in [9.17, 15) is 19.2 Å². The number of aryl methyl sites for hydroxylation is 1. The number of benzene rings is 1. The maximum atomic E-state index is 13.9. The van der Waals surface area contributed by atoms with Gasteiger partial charge in [-0.15, -0.1) is 0 Å². The molecule has 2 rings (SSSR count). The summed E-state index contributed by atoms with van der Waals surface area (Å²) in [4.78, 5) is 56.2. The van der Waals surface area contributed by atoms with Gasteiger partial charge in [0, 0.05) is 34.2 Å². The minimum atomic E-state index is -1.03. The van der Waals surface area contributed by atoms with Gasteiger partial charge in [-0.2, -0.15) is 0 Å². The number of likely N-dealkylation sites (N-methyl/N-ethyl adjacent to an activating group) is 1. The number of likely N-dealkylation sites (tertiary alicyclic amines) is 1. The van der Waals surface area contributed by atoms with Crippen LogP contribution in [-0.2, 0) is 39.8 Å². The Labute approximate surface area is 269 Å². The van der Waals surface area contributed by atoms with Crippen LogP contribution in [0.2, 0.25) is 0 Å². The molecular weight excluding hydrogens is 578 g/mol. The third-order valence-corrected chi connectivity index (χ3v) is 8.25. The predicted octanol–water partition coefficient (Wildman–Crippen LogP) is 4.56. The van der Waals surface area contributed by atoms with E-state index in [4.69, 9.17) is 18.9 Å². The van der Waals surface area contributed by atoms with Crippen molar-refractivity contribution in [2.45, 2.75) is 110 Å². The van der Waals surface area contributed by atoms with Gasteiger partial charge in [0.1, 0.15) is 5.60 Å². The fourth-order valence-corrected chi connectivity index (χ4v) is 5.65. The Kier molecular flexibility index (Phi) is 15.3. The van der Waals surface area contributed by atoms with Crippen LogP contribution in [-0.4, -0.2) is 98.1 Å². The largest absolute Gasteiger partial charge is 0.444 e. The van der Waals surface area contributed by atoms with Crippen molar-refractivity contribution in [2.75, 3.05) is 34.4 Å². The van der Waals surface area contributed by atoms with Crippen molar-refractivity contribution in [2.24, 2.45) is 11.8 Å². The lowest BCUT2D eigenvalue weighted by atomic mass is 9.91. The molecule has 11 nitrogen and oxygen atoms in total. The molecule has 1 saturated heterocycles. The summed E-state index contributed by atoms with van der Waals surface area (Å²) in [5, 5.41) is 2.87. The highest BCUT2D eigenvalue weighted by Crippen LogP contribution is 2.27. The molecule has 1 aliphatic rings. The molecule has 0 spiro atoms. The first kappa shape index (κ1) is 38.0. The van der Waals surface area contributed by atoms with Crippen LogP contribution in [0.4, 0.5) is 4.79 Å². The van der Waals surface area contributed by atoms with Crippen molar-refractivity contribution in [1.82, 2.24) is 15.1 Å². The summed E-state index contributed by atoms with van der Waals surface area (Å²) in [5.41, 5.74) is 0.324. The summed E-state index contributed by atoms with van der Waals surface area (Å²) >= 11 is 0. The second-order valence-electron chi connectivity index (χ2n) is 13.0. The van der Waals surface area contributed by atoms with Crippen LogP contribution in [0.1, 0.15) is 79.2 Å². The van der Waals surface area contributed by atoms with Gasteiger partial charge in [0.05, 0.1) is 37.1 Å². The predicted molar refractivity (Wildman–Crippen MR) is 171 cm³/mol. The molecular formula is C34H55N3O8. The van der Waals surface area contributed by atoms with Crippen LogP contribution in [0, 0.1) is 11.8 Å². The topological polar surface area (TPSA) is 124 Å². The molecule has 11 heteroatoms. The van der Waals surface area contributed by atoms with Gasteiger partial charge in [-0.1, -0.05) is 57.5 Å². The Bertz CT molecular complexity index is 1090. The van der Waals surface area contributed by atoms with E-state index in [0.717, 1.165) is 12.0 Å². The standard InChI is InChI=1S/C34H55N3O8/c1-10-23(2)30(36(7)33(41)45-34(4,5)6)27(43-9)21-28(38)37-20-14-17-26(37)32(35-31(40)24(3)22-42-8)44-29(39)19-18-25-15-12-11-13-16-25/h11-13,15-16,23-24,26-27,30,32H,10,14,17-22H2,1-9H3,(H,35,40)/t23-,24?,26-,27+,30-,32?/m0/s1. The molecule has 45 heavy (non-hydrogen) atoms. The minimum Gasteiger partial charge on any atom is -0.444 e. The van der Waals surface area contributed by atoms with E-state index in [1.807, 2.05) is 65.0 Å². The second kappa shape index (κ2) is 18.1. The summed E-state index contributed by atoms with van der Waals surface area (Å²) in [6, 6.07) is 8.63. The maximum absolute atomic E-state index is 13.9. The maximum Gasteiger partial charge on any atom is 0.410 e. The van der Waals surface area contributed by atoms with Gasteiger partial charge < -0.3 is 34.1 Å². The number of nitrogens with zero attached hydrogens (tertiary/aromatic N) is 2. The number of hydrogen-bond acceptors (Lipinski definition) is 8. The highest BCUT2D eigenvalue weighted by atomic mass is 16.6. The number of nitrogens with one attached hydrogen (secondary N) is 1. The molecule has 1 heterocycles. The third-order valence-electron chi connectivity index (χ3n) is 8.25. The summed E-state index contributed by atoms with van der Waals surface area (Å²) in [7, 11) is 4.72. The van der Waals surface area contributed by atoms with Gasteiger partial charge in [0.25, 0.3) is 0 Å². The van der Waals surface area contributed by atoms with E-state index in [1.54, 1.807) is 18.9 Å². The third kappa shape index (κ3) is 11.9. The molecule has 0 saturated carbocycles. The average molecular weight is 634 g/mol. The van der Waals surface area contributed by atoms with E-state index >= 15 is 0 Å². The lowest BCUT2D eigenvalue weighted by molar-refractivity contribution is -0.160. The molecule has 1 aliphatic heterocycles. The summed E-state index contributed by atoms with van der Waals surface area (Å²) in [6.07, 6.45) is 0.472. The van der Waals surface area contributed by atoms with Crippen LogP contribution in [0.5, 0.6) is 0 Å². The van der Waals surface area contributed by atoms with E-state index in [1.165, 1.54) is 19.1 Å². The first-order valence-corrected chi connectivity index (χ1v) is 16.0. The summed E-state index contributed by atoms with van der Waals surface area (Å²) in [6.45, 7) is 11.8. The number of methoxy groups -OCH3 is 2. The van der Waals surface area contributed by atoms with Crippen molar-refractivity contribution in [1.29, 1.82) is 0 Å². The SMILES string of the molecule is CC[C@H](C)[C@@H]([C@@H](CC(=O)N1CCC[C@H]1C(NC(=O)C(C)COC)OC(=O)CCc1ccccc1)OC)N(C)C(=O)OC(C)(C)C. The molecule has 0 bridgehead atoms. The number of amides is 3. The molecule has 2 unspecified atom stereocenters. The van der Waals surface area contributed by atoms with Crippen molar-refractivity contribution in [3.63, 3.8) is 0 Å². The first-order chi connectivity index (χ1) is 21.2. The number of rotatable bonds is 16. The van der Waals surface area contributed by atoms with Crippen LogP contribution in [0.3, 0.4) is 0 Å². The highest BCUT2D eigenvalue weighted by Gasteiger charge is 2.41. The normalized spacial score (nSPS) is 18.3. The molecule has 254 valence electrons. The van der Waals surface area contributed by atoms with E-state index in [-0.39, 0.29) is 37.2 Å². The lowest BCUT2D eigenvalue weighted by Crippen LogP contribution is -2.55. The molecule has 1 N–H and O–H groups in total. The van der Waals surface area contributed by atoms with Gasteiger partial charge >= 0.3 is 12.1 Å². The molecule has 1 fully saturated rings. The average Bonchev–Trinajstić information content (AvgIpc) is 3.49. The lowest BCUT2D eigenvalue weighted by Gasteiger charge is -2.39. The number of ether oxygens (including phenoxy) is 4. The summed E-state index contributed by atoms with van der Waals surface area (Å²) < 4.78 is 22.5. The van der Waals surface area contributed by atoms with Crippen LogP contribution < -0.4 is 5.32 Å². The van der Waals surface area contributed by atoms with Crippen LogP contribution in [0.15, 0.2) is 30.3 Å². The Morgan fingerprint density at radius 1 is 1.09 bits per heavy atom. The van der Waals surface area contributed by atoms with Gasteiger partial charge in [0.15, 0.2) is 6.23 Å². The molecule has 3 amide bonds. The van der Waals surface area contributed by atoms with E-state index in [2.05, 4.69) is 5.32 Å². The smallest absolute Gasteiger partial charge is 0.410 e. The first-order valence-electron chi connectivity index (χ1n) is 16.0. The minimum absolute atomic E-state index is 0.00214. The molecule has 0 aliphatic carbocycles. The van der Waals surface area contributed by atoms with Crippen LogP contribution in [0.25, 0.3) is 0 Å². The quantitative estimate of drug-likeness (QED) is 0.208. The Morgan fingerprint density at radius 2 is 1.76 bits per heavy atom. The zero-order valence-corrected chi connectivity index (χ0v) is 28.7. The zero-order valence-electron chi connectivity index (χ0n) is 28.7. The molecule has 0 radical (unpaired) electrons. The van der Waals surface area contributed by atoms with E-state index < -0.39 is 48.0 Å². The number of carbonyl (C=O) groups is 4. The van der Waals surface area contributed by atoms with Crippen molar-refractivity contribution in [3.8, 4) is 0 Å². The number of hydrogen-bond donors (Lipinski definition) is 1. The Balaban J connectivity index is 2.26. The number of carbonyl (C=O) groups excluding carboxylic acids is 4. The fourth-order valence-electron chi connectivity index (χ4n) is 5.65. The van der Waals surface area contributed by atoms with Gasteiger partial charge in [-0.3, -0.25) is 14.4 Å². The summed E-state index contributed by atoms with van der Waals surface area (Å²) in [5.74, 6) is -1.48. The van der Waals surface area contributed by atoms with Gasteiger partial charge in [-0.25, -0.2) is 4.79 Å². The molecule has 0 aromatic heterocycles. The zero-order chi connectivity index (χ0) is 33.7. The monoisotopic (exact) mass is 633 g/mol. The van der Waals surface area contributed by atoms with Crippen molar-refractivity contribution >= 4 is 23.9 Å². The van der Waals surface area contributed by atoms with Gasteiger partial charge in [0.2, 0.25) is 11.8 Å². The fraction of sp³-hybridized carbons (Fsp3) is 0.706. The molecule has 6 atom stereocenters. The van der Waals surface area contributed by atoms with Crippen molar-refractivity contribution < 1.29 is 38.1 Å². The van der Waals surface area contributed by atoms with E-state index in [0.29, 0.717) is 25.8 Å². The molecule has 1 aromatic rings. The highest BCUT2D eigenvalue weighted by molar-refractivity contribution is 5.80. The Hall–Kier alpha value is -3.18. The van der Waals surface area contributed by atoms with Crippen molar-refractivity contribution in [3.05, 3.63) is 35.9 Å². The van der Waals surface area contributed by atoms with Crippen LogP contribution >= 0.6 is 0 Å². The molecule has 1 aromatic carbocycles. The number of esters is 1. The van der Waals surface area contributed by atoms with Gasteiger partial charge in [-0.05, 0) is 51.5 Å². The Morgan fingerprint density at radius 3 is 2.33 bits per heavy atom.